The van der Waals surface area contributed by atoms with Crippen LogP contribution in [0.15, 0.2) is 12.5 Å². The van der Waals surface area contributed by atoms with Crippen molar-refractivity contribution in [1.29, 1.82) is 0 Å². The summed E-state index contributed by atoms with van der Waals surface area (Å²) in [5, 5.41) is 13.5. The van der Waals surface area contributed by atoms with Crippen LogP contribution in [0.1, 0.15) is 21.9 Å². The molecule has 2 rings (SSSR count). The first kappa shape index (κ1) is 11.7. The highest BCUT2D eigenvalue weighted by molar-refractivity contribution is 6.31. The Morgan fingerprint density at radius 1 is 1.59 bits per heavy atom. The summed E-state index contributed by atoms with van der Waals surface area (Å²) in [4.78, 5) is 14.5. The fourth-order valence-corrected chi connectivity index (χ4v) is 1.80. The number of rotatable bonds is 3. The molecular weight excluding hydrogens is 244 g/mol. The van der Waals surface area contributed by atoms with Crippen molar-refractivity contribution in [1.82, 2.24) is 19.3 Å². The van der Waals surface area contributed by atoms with E-state index in [9.17, 15) is 4.79 Å². The lowest BCUT2D eigenvalue weighted by molar-refractivity contribution is 0.0691. The Balaban J connectivity index is 2.28. The van der Waals surface area contributed by atoms with Crippen molar-refractivity contribution in [3.05, 3.63) is 34.6 Å². The van der Waals surface area contributed by atoms with E-state index in [1.54, 1.807) is 16.3 Å². The molecule has 7 heteroatoms. The van der Waals surface area contributed by atoms with Crippen molar-refractivity contribution in [2.45, 2.75) is 13.5 Å². The minimum atomic E-state index is -1.05. The van der Waals surface area contributed by atoms with Gasteiger partial charge in [0.05, 0.1) is 29.3 Å². The zero-order valence-corrected chi connectivity index (χ0v) is 10.1. The predicted octanol–water partition coefficient (Wildman–Crippen LogP) is 1.32. The van der Waals surface area contributed by atoms with Gasteiger partial charge in [-0.05, 0) is 6.92 Å². The number of hydrogen-bond acceptors (Lipinski definition) is 3. The van der Waals surface area contributed by atoms with Gasteiger partial charge in [-0.15, -0.1) is 0 Å². The molecule has 0 saturated carbocycles. The molecule has 0 amide bonds. The van der Waals surface area contributed by atoms with Crippen molar-refractivity contribution in [2.24, 2.45) is 7.05 Å². The van der Waals surface area contributed by atoms with Crippen LogP contribution in [0.2, 0.25) is 5.02 Å². The number of imidazole rings is 1. The van der Waals surface area contributed by atoms with Crippen LogP contribution in [-0.4, -0.2) is 30.4 Å². The number of carbonyl (C=O) groups is 1. The molecule has 0 unspecified atom stereocenters. The Morgan fingerprint density at radius 3 is 2.76 bits per heavy atom. The van der Waals surface area contributed by atoms with E-state index >= 15 is 0 Å². The molecule has 2 aromatic heterocycles. The average Bonchev–Trinajstić information content (AvgIpc) is 2.80. The monoisotopic (exact) mass is 254 g/mol. The summed E-state index contributed by atoms with van der Waals surface area (Å²) in [6.45, 7) is 2.26. The fourth-order valence-electron chi connectivity index (χ4n) is 1.58. The maximum Gasteiger partial charge on any atom is 0.356 e. The molecule has 0 radical (unpaired) electrons. The second-order valence-electron chi connectivity index (χ2n) is 3.71. The molecule has 0 aliphatic heterocycles. The summed E-state index contributed by atoms with van der Waals surface area (Å²) in [6, 6.07) is 0. The van der Waals surface area contributed by atoms with Crippen molar-refractivity contribution in [2.75, 3.05) is 0 Å². The van der Waals surface area contributed by atoms with E-state index in [2.05, 4.69) is 10.1 Å². The number of carboxylic acid groups (broad SMARTS) is 1. The van der Waals surface area contributed by atoms with E-state index in [1.165, 1.54) is 12.5 Å². The van der Waals surface area contributed by atoms with Crippen LogP contribution in [0.5, 0.6) is 0 Å². The molecule has 0 fully saturated rings. The van der Waals surface area contributed by atoms with E-state index in [0.717, 1.165) is 11.4 Å². The second-order valence-corrected chi connectivity index (χ2v) is 4.08. The fraction of sp³-hybridized carbons (Fsp3) is 0.300. The summed E-state index contributed by atoms with van der Waals surface area (Å²) >= 11 is 6.10. The van der Waals surface area contributed by atoms with E-state index < -0.39 is 5.97 Å². The third kappa shape index (κ3) is 2.16. The van der Waals surface area contributed by atoms with Crippen LogP contribution >= 0.6 is 11.6 Å². The summed E-state index contributed by atoms with van der Waals surface area (Å²) in [5.74, 6) is -1.05. The summed E-state index contributed by atoms with van der Waals surface area (Å²) in [5.41, 5.74) is 1.58. The van der Waals surface area contributed by atoms with Gasteiger partial charge in [0.2, 0.25) is 0 Å². The third-order valence-electron chi connectivity index (χ3n) is 2.45. The van der Waals surface area contributed by atoms with Crippen LogP contribution < -0.4 is 0 Å². The predicted molar refractivity (Wildman–Crippen MR) is 61.2 cm³/mol. The lowest BCUT2D eigenvalue weighted by Crippen LogP contribution is -2.04. The van der Waals surface area contributed by atoms with Crippen molar-refractivity contribution in [3.63, 3.8) is 0 Å². The Hall–Kier alpha value is -1.82. The molecular formula is C10H11ClN4O2. The molecule has 90 valence electrons. The number of aromatic nitrogens is 4. The van der Waals surface area contributed by atoms with Gasteiger partial charge >= 0.3 is 5.97 Å². The largest absolute Gasteiger partial charge is 0.476 e. The van der Waals surface area contributed by atoms with Gasteiger partial charge in [-0.25, -0.2) is 9.78 Å². The van der Waals surface area contributed by atoms with E-state index in [-0.39, 0.29) is 5.69 Å². The molecule has 0 spiro atoms. The standard InChI is InChI=1S/C10H11ClN4O2/c1-6-9(11)8(14(2)13-6)4-15-3-7(10(16)17)12-5-15/h3,5H,4H2,1-2H3,(H,16,17). The number of aryl methyl sites for hydroxylation is 2. The molecule has 0 bridgehead atoms. The summed E-state index contributed by atoms with van der Waals surface area (Å²) < 4.78 is 3.34. The molecule has 1 N–H and O–H groups in total. The topological polar surface area (TPSA) is 72.9 Å². The Morgan fingerprint density at radius 2 is 2.29 bits per heavy atom. The van der Waals surface area contributed by atoms with E-state index in [4.69, 9.17) is 16.7 Å². The quantitative estimate of drug-likeness (QED) is 0.897. The zero-order valence-electron chi connectivity index (χ0n) is 9.38. The highest BCUT2D eigenvalue weighted by Gasteiger charge is 2.13. The number of hydrogen-bond donors (Lipinski definition) is 1. The average molecular weight is 255 g/mol. The molecule has 6 nitrogen and oxygen atoms in total. The minimum Gasteiger partial charge on any atom is -0.476 e. The molecule has 0 aliphatic rings. The van der Waals surface area contributed by atoms with Gasteiger partial charge in [-0.2, -0.15) is 5.10 Å². The molecule has 0 saturated heterocycles. The van der Waals surface area contributed by atoms with Gasteiger partial charge in [-0.3, -0.25) is 4.68 Å². The Kier molecular flexibility index (Phi) is 2.89. The first-order valence-corrected chi connectivity index (χ1v) is 5.30. The molecule has 2 heterocycles. The molecule has 17 heavy (non-hydrogen) atoms. The first-order valence-electron chi connectivity index (χ1n) is 4.92. The highest BCUT2D eigenvalue weighted by atomic mass is 35.5. The maximum absolute atomic E-state index is 10.7. The molecule has 2 aromatic rings. The number of aromatic carboxylic acids is 1. The van der Waals surface area contributed by atoms with Crippen molar-refractivity contribution >= 4 is 17.6 Å². The van der Waals surface area contributed by atoms with E-state index in [1.807, 2.05) is 6.92 Å². The van der Waals surface area contributed by atoms with Crippen molar-refractivity contribution < 1.29 is 9.90 Å². The highest BCUT2D eigenvalue weighted by Crippen LogP contribution is 2.20. The van der Waals surface area contributed by atoms with E-state index in [0.29, 0.717) is 11.6 Å². The number of carboxylic acids is 1. The van der Waals surface area contributed by atoms with Gasteiger partial charge in [0, 0.05) is 13.2 Å². The Labute approximate surface area is 102 Å². The second kappa shape index (κ2) is 4.21. The SMILES string of the molecule is Cc1nn(C)c(Cn2cnc(C(=O)O)c2)c1Cl. The molecule has 0 atom stereocenters. The maximum atomic E-state index is 10.7. The third-order valence-corrected chi connectivity index (χ3v) is 2.94. The zero-order chi connectivity index (χ0) is 12.6. The Bertz CT molecular complexity index is 573. The van der Waals surface area contributed by atoms with Gasteiger partial charge in [0.15, 0.2) is 5.69 Å². The smallest absolute Gasteiger partial charge is 0.356 e. The number of halogens is 1. The van der Waals surface area contributed by atoms with Crippen LogP contribution in [0.25, 0.3) is 0 Å². The lowest BCUT2D eigenvalue weighted by Gasteiger charge is -2.03. The lowest BCUT2D eigenvalue weighted by atomic mass is 10.3. The van der Waals surface area contributed by atoms with Crippen LogP contribution in [0.4, 0.5) is 0 Å². The first-order chi connectivity index (χ1) is 7.99. The normalized spacial score (nSPS) is 10.8. The van der Waals surface area contributed by atoms with Gasteiger partial charge in [-0.1, -0.05) is 11.6 Å². The molecule has 0 aliphatic carbocycles. The number of nitrogens with zero attached hydrogens (tertiary/aromatic N) is 4. The molecule has 0 aromatic carbocycles. The summed E-state index contributed by atoms with van der Waals surface area (Å²) in [7, 11) is 1.79. The van der Waals surface area contributed by atoms with Crippen LogP contribution in [0, 0.1) is 6.92 Å². The van der Waals surface area contributed by atoms with Gasteiger partial charge < -0.3 is 9.67 Å². The van der Waals surface area contributed by atoms with Crippen LogP contribution in [-0.2, 0) is 13.6 Å². The van der Waals surface area contributed by atoms with Gasteiger partial charge in [0.25, 0.3) is 0 Å². The van der Waals surface area contributed by atoms with Crippen molar-refractivity contribution in [3.8, 4) is 0 Å². The van der Waals surface area contributed by atoms with Gasteiger partial charge in [0.1, 0.15) is 0 Å². The summed E-state index contributed by atoms with van der Waals surface area (Å²) in [6.07, 6.45) is 2.92. The minimum absolute atomic E-state index is 0.0139. The van der Waals surface area contributed by atoms with Crippen LogP contribution in [0.3, 0.4) is 0 Å².